The summed E-state index contributed by atoms with van der Waals surface area (Å²) in [7, 11) is 3.24. The van der Waals surface area contributed by atoms with Gasteiger partial charge in [-0.3, -0.25) is 0 Å². The number of carbonyl (C=O) groups is 1. The van der Waals surface area contributed by atoms with Gasteiger partial charge in [-0.05, 0) is 30.2 Å². The topological polar surface area (TPSA) is 35.5 Å². The van der Waals surface area contributed by atoms with Gasteiger partial charge in [0.1, 0.15) is 17.8 Å². The molecule has 1 unspecified atom stereocenters. The van der Waals surface area contributed by atoms with Gasteiger partial charge in [-0.2, -0.15) is 0 Å². The SMILES string of the molecule is COc1ccc(OC)c(CC(C)C=O)c1. The van der Waals surface area contributed by atoms with Crippen LogP contribution in [0.15, 0.2) is 18.2 Å². The zero-order chi connectivity index (χ0) is 11.3. The fourth-order valence-electron chi connectivity index (χ4n) is 1.44. The molecule has 0 amide bonds. The summed E-state index contributed by atoms with van der Waals surface area (Å²) in [5.41, 5.74) is 0.997. The molecule has 0 aromatic heterocycles. The van der Waals surface area contributed by atoms with Gasteiger partial charge in [0, 0.05) is 5.92 Å². The predicted molar refractivity (Wildman–Crippen MR) is 58.5 cm³/mol. The van der Waals surface area contributed by atoms with E-state index in [1.807, 2.05) is 25.1 Å². The minimum atomic E-state index is -0.00833. The van der Waals surface area contributed by atoms with Crippen molar-refractivity contribution in [2.75, 3.05) is 14.2 Å². The van der Waals surface area contributed by atoms with Crippen LogP contribution in [0.1, 0.15) is 12.5 Å². The molecule has 15 heavy (non-hydrogen) atoms. The molecule has 3 nitrogen and oxygen atoms in total. The first-order valence-corrected chi connectivity index (χ1v) is 4.87. The third-order valence-electron chi connectivity index (χ3n) is 2.26. The van der Waals surface area contributed by atoms with Crippen molar-refractivity contribution in [1.29, 1.82) is 0 Å². The quantitative estimate of drug-likeness (QED) is 0.695. The Morgan fingerprint density at radius 1 is 1.33 bits per heavy atom. The van der Waals surface area contributed by atoms with E-state index >= 15 is 0 Å². The van der Waals surface area contributed by atoms with Gasteiger partial charge in [-0.15, -0.1) is 0 Å². The molecule has 1 rings (SSSR count). The fraction of sp³-hybridized carbons (Fsp3) is 0.417. The zero-order valence-corrected chi connectivity index (χ0v) is 9.32. The lowest BCUT2D eigenvalue weighted by Crippen LogP contribution is -2.03. The predicted octanol–water partition coefficient (Wildman–Crippen LogP) is 2.08. The van der Waals surface area contributed by atoms with Gasteiger partial charge in [0.25, 0.3) is 0 Å². The maximum absolute atomic E-state index is 10.6. The van der Waals surface area contributed by atoms with Crippen LogP contribution in [0.4, 0.5) is 0 Å². The maximum Gasteiger partial charge on any atom is 0.123 e. The van der Waals surface area contributed by atoms with Crippen molar-refractivity contribution in [2.24, 2.45) is 5.92 Å². The molecule has 1 aromatic rings. The van der Waals surface area contributed by atoms with Crippen LogP contribution >= 0.6 is 0 Å². The van der Waals surface area contributed by atoms with Crippen molar-refractivity contribution >= 4 is 6.29 Å². The van der Waals surface area contributed by atoms with Crippen molar-refractivity contribution in [3.8, 4) is 11.5 Å². The van der Waals surface area contributed by atoms with Gasteiger partial charge in [-0.1, -0.05) is 6.92 Å². The molecular formula is C12H16O3. The number of ether oxygens (including phenoxy) is 2. The van der Waals surface area contributed by atoms with Crippen LogP contribution in [0.2, 0.25) is 0 Å². The lowest BCUT2D eigenvalue weighted by Gasteiger charge is -2.11. The molecule has 0 heterocycles. The van der Waals surface area contributed by atoms with Crippen LogP contribution in [-0.4, -0.2) is 20.5 Å². The number of methoxy groups -OCH3 is 2. The van der Waals surface area contributed by atoms with E-state index in [0.717, 1.165) is 23.3 Å². The number of benzene rings is 1. The molecule has 1 aromatic carbocycles. The molecule has 0 bridgehead atoms. The Balaban J connectivity index is 2.95. The Labute approximate surface area is 90.0 Å². The van der Waals surface area contributed by atoms with Gasteiger partial charge < -0.3 is 14.3 Å². The number of carbonyl (C=O) groups excluding carboxylic acids is 1. The summed E-state index contributed by atoms with van der Waals surface area (Å²) in [5.74, 6) is 1.57. The monoisotopic (exact) mass is 208 g/mol. The molecule has 0 fully saturated rings. The maximum atomic E-state index is 10.6. The first-order chi connectivity index (χ1) is 7.21. The highest BCUT2D eigenvalue weighted by molar-refractivity contribution is 5.54. The van der Waals surface area contributed by atoms with E-state index in [1.165, 1.54) is 0 Å². The molecule has 0 radical (unpaired) electrons. The van der Waals surface area contributed by atoms with Crippen LogP contribution in [0.3, 0.4) is 0 Å². The van der Waals surface area contributed by atoms with Crippen LogP contribution in [0.25, 0.3) is 0 Å². The van der Waals surface area contributed by atoms with Gasteiger partial charge in [0.15, 0.2) is 0 Å². The van der Waals surface area contributed by atoms with Gasteiger partial charge in [0.2, 0.25) is 0 Å². The Kier molecular flexibility index (Phi) is 4.16. The molecule has 0 saturated heterocycles. The lowest BCUT2D eigenvalue weighted by molar-refractivity contribution is -0.110. The minimum absolute atomic E-state index is 0.00833. The third-order valence-corrected chi connectivity index (χ3v) is 2.26. The Bertz CT molecular complexity index is 334. The van der Waals surface area contributed by atoms with Crippen LogP contribution in [0.5, 0.6) is 11.5 Å². The van der Waals surface area contributed by atoms with E-state index < -0.39 is 0 Å². The molecule has 0 aliphatic rings. The first-order valence-electron chi connectivity index (χ1n) is 4.87. The van der Waals surface area contributed by atoms with Gasteiger partial charge in [-0.25, -0.2) is 0 Å². The Morgan fingerprint density at radius 2 is 2.07 bits per heavy atom. The van der Waals surface area contributed by atoms with Crippen LogP contribution < -0.4 is 9.47 Å². The van der Waals surface area contributed by atoms with Crippen molar-refractivity contribution in [3.63, 3.8) is 0 Å². The third kappa shape index (κ3) is 2.98. The molecule has 3 heteroatoms. The van der Waals surface area contributed by atoms with E-state index in [4.69, 9.17) is 9.47 Å². The van der Waals surface area contributed by atoms with E-state index in [9.17, 15) is 4.79 Å². The average molecular weight is 208 g/mol. The summed E-state index contributed by atoms with van der Waals surface area (Å²) in [6, 6.07) is 5.60. The smallest absolute Gasteiger partial charge is 0.123 e. The standard InChI is InChI=1S/C12H16O3/c1-9(8-13)6-10-7-11(14-2)4-5-12(10)15-3/h4-5,7-9H,6H2,1-3H3. The van der Waals surface area contributed by atoms with Crippen molar-refractivity contribution < 1.29 is 14.3 Å². The summed E-state index contributed by atoms with van der Waals surface area (Å²) in [4.78, 5) is 10.6. The van der Waals surface area contributed by atoms with Crippen molar-refractivity contribution in [3.05, 3.63) is 23.8 Å². The summed E-state index contributed by atoms with van der Waals surface area (Å²) in [5, 5.41) is 0. The number of rotatable bonds is 5. The molecule has 0 aliphatic heterocycles. The molecule has 0 N–H and O–H groups in total. The molecule has 0 spiro atoms. The second kappa shape index (κ2) is 5.39. The van der Waals surface area contributed by atoms with Crippen molar-refractivity contribution in [2.45, 2.75) is 13.3 Å². The number of hydrogen-bond acceptors (Lipinski definition) is 3. The minimum Gasteiger partial charge on any atom is -0.497 e. The Hall–Kier alpha value is -1.51. The van der Waals surface area contributed by atoms with E-state index in [1.54, 1.807) is 14.2 Å². The summed E-state index contributed by atoms with van der Waals surface area (Å²) in [6.07, 6.45) is 1.61. The van der Waals surface area contributed by atoms with Crippen molar-refractivity contribution in [1.82, 2.24) is 0 Å². The average Bonchev–Trinajstić information content (AvgIpc) is 2.28. The largest absolute Gasteiger partial charge is 0.497 e. The summed E-state index contributed by atoms with van der Waals surface area (Å²) < 4.78 is 10.3. The van der Waals surface area contributed by atoms with E-state index in [0.29, 0.717) is 6.42 Å². The second-order valence-corrected chi connectivity index (χ2v) is 3.50. The molecule has 1 atom stereocenters. The fourth-order valence-corrected chi connectivity index (χ4v) is 1.44. The molecule has 0 saturated carbocycles. The van der Waals surface area contributed by atoms with Gasteiger partial charge >= 0.3 is 0 Å². The van der Waals surface area contributed by atoms with E-state index in [2.05, 4.69) is 0 Å². The van der Waals surface area contributed by atoms with E-state index in [-0.39, 0.29) is 5.92 Å². The highest BCUT2D eigenvalue weighted by atomic mass is 16.5. The number of aldehydes is 1. The summed E-state index contributed by atoms with van der Waals surface area (Å²) in [6.45, 7) is 1.88. The second-order valence-electron chi connectivity index (χ2n) is 3.50. The van der Waals surface area contributed by atoms with Crippen LogP contribution in [0, 0.1) is 5.92 Å². The lowest BCUT2D eigenvalue weighted by atomic mass is 10.0. The normalized spacial score (nSPS) is 11.9. The number of hydrogen-bond donors (Lipinski definition) is 0. The van der Waals surface area contributed by atoms with Crippen LogP contribution in [-0.2, 0) is 11.2 Å². The molecular weight excluding hydrogens is 192 g/mol. The van der Waals surface area contributed by atoms with Gasteiger partial charge in [0.05, 0.1) is 14.2 Å². The Morgan fingerprint density at radius 3 is 2.60 bits per heavy atom. The zero-order valence-electron chi connectivity index (χ0n) is 9.32. The highest BCUT2D eigenvalue weighted by Gasteiger charge is 2.08. The molecule has 82 valence electrons. The molecule has 0 aliphatic carbocycles. The summed E-state index contributed by atoms with van der Waals surface area (Å²) >= 11 is 0. The first kappa shape index (κ1) is 11.6. The highest BCUT2D eigenvalue weighted by Crippen LogP contribution is 2.25.